The summed E-state index contributed by atoms with van der Waals surface area (Å²) >= 11 is 0. The van der Waals surface area contributed by atoms with Crippen LogP contribution in [-0.2, 0) is 0 Å². The summed E-state index contributed by atoms with van der Waals surface area (Å²) < 4.78 is 2.21. The minimum atomic E-state index is 0.259. The van der Waals surface area contributed by atoms with Crippen LogP contribution in [0.1, 0.15) is 12.5 Å². The van der Waals surface area contributed by atoms with Gasteiger partial charge in [-0.2, -0.15) is 0 Å². The first-order chi connectivity index (χ1) is 12.3. The number of aromatic hydroxyl groups is 1. The van der Waals surface area contributed by atoms with Gasteiger partial charge in [-0.15, -0.1) is 5.92 Å². The number of nitrogens with zero attached hydrogens (tertiary/aromatic N) is 1. The third-order valence-corrected chi connectivity index (χ3v) is 4.28. The highest BCUT2D eigenvalue weighted by molar-refractivity contribution is 5.96. The minimum absolute atomic E-state index is 0.259. The number of aromatic nitrogens is 1. The van der Waals surface area contributed by atoms with Gasteiger partial charge in [-0.1, -0.05) is 54.5 Å². The van der Waals surface area contributed by atoms with Gasteiger partial charge in [-0.05, 0) is 42.8 Å². The molecule has 0 fully saturated rings. The van der Waals surface area contributed by atoms with Crippen LogP contribution in [0.25, 0.3) is 27.8 Å². The molecule has 0 saturated carbocycles. The standard InChI is InChI=1S/C23H17NO/c1-2-8-21-20-11-6-7-12-22(20)24(18-13-15-19(25)16-14-18)23(21)17-9-4-3-5-10-17/h3-7,9-16,25H,1H3. The molecule has 2 heteroatoms. The fourth-order valence-corrected chi connectivity index (χ4v) is 3.23. The van der Waals surface area contributed by atoms with E-state index in [1.54, 1.807) is 12.1 Å². The van der Waals surface area contributed by atoms with E-state index in [1.807, 2.05) is 49.4 Å². The van der Waals surface area contributed by atoms with Gasteiger partial charge in [0.1, 0.15) is 5.75 Å². The van der Waals surface area contributed by atoms with Crippen LogP contribution < -0.4 is 0 Å². The van der Waals surface area contributed by atoms with E-state index in [2.05, 4.69) is 40.7 Å². The minimum Gasteiger partial charge on any atom is -0.508 e. The number of phenolic OH excluding ortho intramolecular Hbond substituents is 1. The molecule has 4 aromatic rings. The zero-order valence-electron chi connectivity index (χ0n) is 13.9. The molecule has 0 atom stereocenters. The van der Waals surface area contributed by atoms with E-state index < -0.39 is 0 Å². The maximum Gasteiger partial charge on any atom is 0.115 e. The van der Waals surface area contributed by atoms with Crippen molar-refractivity contribution in [1.29, 1.82) is 0 Å². The monoisotopic (exact) mass is 323 g/mol. The number of rotatable bonds is 2. The first kappa shape index (κ1) is 15.1. The summed E-state index contributed by atoms with van der Waals surface area (Å²) in [6.45, 7) is 1.86. The van der Waals surface area contributed by atoms with Gasteiger partial charge in [-0.3, -0.25) is 0 Å². The second-order valence-electron chi connectivity index (χ2n) is 5.83. The molecule has 0 spiro atoms. The highest BCUT2D eigenvalue weighted by Gasteiger charge is 2.18. The first-order valence-electron chi connectivity index (χ1n) is 8.20. The van der Waals surface area contributed by atoms with Crippen LogP contribution in [0.5, 0.6) is 5.75 Å². The normalized spacial score (nSPS) is 10.4. The summed E-state index contributed by atoms with van der Waals surface area (Å²) in [7, 11) is 0. The molecule has 2 nitrogen and oxygen atoms in total. The highest BCUT2D eigenvalue weighted by atomic mass is 16.3. The Balaban J connectivity index is 2.16. The zero-order valence-corrected chi connectivity index (χ0v) is 13.9. The molecule has 0 aliphatic carbocycles. The van der Waals surface area contributed by atoms with E-state index in [4.69, 9.17) is 0 Å². The van der Waals surface area contributed by atoms with Crippen molar-refractivity contribution in [2.24, 2.45) is 0 Å². The summed E-state index contributed by atoms with van der Waals surface area (Å²) in [6, 6.07) is 25.9. The lowest BCUT2D eigenvalue weighted by Crippen LogP contribution is -1.97. The lowest BCUT2D eigenvalue weighted by molar-refractivity contribution is 0.475. The van der Waals surface area contributed by atoms with Gasteiger partial charge >= 0.3 is 0 Å². The lowest BCUT2D eigenvalue weighted by atomic mass is 10.1. The molecular weight excluding hydrogens is 306 g/mol. The molecule has 25 heavy (non-hydrogen) atoms. The third-order valence-electron chi connectivity index (χ3n) is 4.28. The largest absolute Gasteiger partial charge is 0.508 e. The van der Waals surface area contributed by atoms with Gasteiger partial charge in [-0.25, -0.2) is 0 Å². The van der Waals surface area contributed by atoms with Crippen molar-refractivity contribution in [2.75, 3.05) is 0 Å². The van der Waals surface area contributed by atoms with Crippen molar-refractivity contribution in [3.8, 4) is 34.5 Å². The Morgan fingerprint density at radius 2 is 1.48 bits per heavy atom. The van der Waals surface area contributed by atoms with Crippen molar-refractivity contribution >= 4 is 10.9 Å². The number of fused-ring (bicyclic) bond motifs is 1. The number of para-hydroxylation sites is 1. The van der Waals surface area contributed by atoms with Crippen LogP contribution in [0.2, 0.25) is 0 Å². The van der Waals surface area contributed by atoms with Crippen molar-refractivity contribution in [2.45, 2.75) is 6.92 Å². The van der Waals surface area contributed by atoms with Gasteiger partial charge in [0.2, 0.25) is 0 Å². The van der Waals surface area contributed by atoms with Crippen LogP contribution in [0.15, 0.2) is 78.9 Å². The van der Waals surface area contributed by atoms with E-state index in [9.17, 15) is 5.11 Å². The molecule has 4 rings (SSSR count). The van der Waals surface area contributed by atoms with Crippen LogP contribution in [-0.4, -0.2) is 9.67 Å². The van der Waals surface area contributed by atoms with E-state index in [1.165, 1.54) is 0 Å². The second-order valence-corrected chi connectivity index (χ2v) is 5.83. The molecule has 0 amide bonds. The maximum atomic E-state index is 9.66. The molecule has 1 N–H and O–H groups in total. The fraction of sp³-hybridized carbons (Fsp3) is 0.0435. The summed E-state index contributed by atoms with van der Waals surface area (Å²) in [4.78, 5) is 0. The number of hydrogen-bond donors (Lipinski definition) is 1. The van der Waals surface area contributed by atoms with E-state index >= 15 is 0 Å². The smallest absolute Gasteiger partial charge is 0.115 e. The molecule has 0 aliphatic heterocycles. The second kappa shape index (κ2) is 6.22. The topological polar surface area (TPSA) is 25.2 Å². The molecule has 0 unspecified atom stereocenters. The summed E-state index contributed by atoms with van der Waals surface area (Å²) in [6.07, 6.45) is 0. The quantitative estimate of drug-likeness (QED) is 0.493. The zero-order chi connectivity index (χ0) is 17.2. The third kappa shape index (κ3) is 2.56. The molecule has 0 saturated heterocycles. The summed E-state index contributed by atoms with van der Waals surface area (Å²) in [5.41, 5.74) is 5.31. The van der Waals surface area contributed by atoms with Crippen LogP contribution in [0, 0.1) is 11.8 Å². The predicted molar refractivity (Wildman–Crippen MR) is 103 cm³/mol. The number of phenols is 1. The Kier molecular flexibility index (Phi) is 3.76. The van der Waals surface area contributed by atoms with Gasteiger partial charge in [0.25, 0.3) is 0 Å². The number of hydrogen-bond acceptors (Lipinski definition) is 1. The Bertz CT molecular complexity index is 1090. The number of benzene rings is 3. The molecule has 3 aromatic carbocycles. The highest BCUT2D eigenvalue weighted by Crippen LogP contribution is 2.36. The van der Waals surface area contributed by atoms with Crippen molar-refractivity contribution < 1.29 is 5.11 Å². The lowest BCUT2D eigenvalue weighted by Gasteiger charge is -2.12. The van der Waals surface area contributed by atoms with Gasteiger partial charge < -0.3 is 9.67 Å². The molecule has 1 aromatic heterocycles. The van der Waals surface area contributed by atoms with E-state index in [0.29, 0.717) is 0 Å². The summed E-state index contributed by atoms with van der Waals surface area (Å²) in [5.74, 6) is 6.62. The molecule has 120 valence electrons. The molecule has 0 aliphatic rings. The predicted octanol–water partition coefficient (Wildman–Crippen LogP) is 5.37. The first-order valence-corrected chi connectivity index (χ1v) is 8.20. The average Bonchev–Trinajstić information content (AvgIpc) is 2.98. The fourth-order valence-electron chi connectivity index (χ4n) is 3.23. The van der Waals surface area contributed by atoms with Gasteiger partial charge in [0.05, 0.1) is 16.8 Å². The van der Waals surface area contributed by atoms with Crippen LogP contribution >= 0.6 is 0 Å². The van der Waals surface area contributed by atoms with Crippen molar-refractivity contribution in [3.63, 3.8) is 0 Å². The van der Waals surface area contributed by atoms with Crippen LogP contribution in [0.3, 0.4) is 0 Å². The van der Waals surface area contributed by atoms with E-state index in [-0.39, 0.29) is 5.75 Å². The molecular formula is C23H17NO. The van der Waals surface area contributed by atoms with Gasteiger partial charge in [0, 0.05) is 11.1 Å². The Hall–Kier alpha value is -3.44. The van der Waals surface area contributed by atoms with Gasteiger partial charge in [0.15, 0.2) is 0 Å². The Morgan fingerprint density at radius 1 is 0.800 bits per heavy atom. The molecule has 1 heterocycles. The van der Waals surface area contributed by atoms with E-state index in [0.717, 1.165) is 33.4 Å². The molecule has 0 bridgehead atoms. The maximum absolute atomic E-state index is 9.66. The molecule has 0 radical (unpaired) electrons. The van der Waals surface area contributed by atoms with Crippen molar-refractivity contribution in [3.05, 3.63) is 84.4 Å². The van der Waals surface area contributed by atoms with Crippen LogP contribution in [0.4, 0.5) is 0 Å². The average molecular weight is 323 g/mol. The Labute approximate surface area is 147 Å². The van der Waals surface area contributed by atoms with Crippen molar-refractivity contribution in [1.82, 2.24) is 4.57 Å². The Morgan fingerprint density at radius 3 is 2.20 bits per heavy atom. The SMILES string of the molecule is CC#Cc1c(-c2ccccc2)n(-c2ccc(O)cc2)c2ccccc12. The summed E-state index contributed by atoms with van der Waals surface area (Å²) in [5, 5.41) is 10.8.